The van der Waals surface area contributed by atoms with Crippen molar-refractivity contribution in [1.29, 1.82) is 0 Å². The number of hydrogen-bond acceptors (Lipinski definition) is 3. The van der Waals surface area contributed by atoms with Gasteiger partial charge in [0.15, 0.2) is 0 Å². The van der Waals surface area contributed by atoms with Gasteiger partial charge in [0.1, 0.15) is 0 Å². The average Bonchev–Trinajstić information content (AvgIpc) is 2.61. The van der Waals surface area contributed by atoms with Crippen LogP contribution in [0.2, 0.25) is 0 Å². The number of ether oxygens (including phenoxy) is 1. The molecule has 0 atom stereocenters. The van der Waals surface area contributed by atoms with Crippen LogP contribution in [-0.2, 0) is 22.4 Å². The Labute approximate surface area is 132 Å². The number of nitrogens with zero attached hydrogens (tertiary/aromatic N) is 1. The van der Waals surface area contributed by atoms with Gasteiger partial charge in [-0.15, -0.1) is 0 Å². The van der Waals surface area contributed by atoms with Gasteiger partial charge in [-0.25, -0.2) is 4.79 Å². The number of halogens is 1. The number of fused-ring (bicyclic) bond motifs is 1. The average molecular weight is 355 g/mol. The highest BCUT2D eigenvalue weighted by Gasteiger charge is 2.20. The first-order valence-corrected chi connectivity index (χ1v) is 7.81. The highest BCUT2D eigenvalue weighted by Crippen LogP contribution is 2.29. The third-order valence-electron chi connectivity index (χ3n) is 3.43. The van der Waals surface area contributed by atoms with E-state index in [1.54, 1.807) is 11.8 Å². The molecule has 21 heavy (non-hydrogen) atoms. The topological polar surface area (TPSA) is 58.6 Å². The van der Waals surface area contributed by atoms with Crippen molar-refractivity contribution in [2.45, 2.75) is 26.7 Å². The van der Waals surface area contributed by atoms with Crippen LogP contribution >= 0.6 is 15.9 Å². The SMILES string of the molecule is CCOC(=O)N1CCc2cc(Br)c(NC(C)=O)cc2CC1. The molecule has 114 valence electrons. The van der Waals surface area contributed by atoms with E-state index in [4.69, 9.17) is 4.74 Å². The zero-order valence-corrected chi connectivity index (χ0v) is 13.8. The fraction of sp³-hybridized carbons (Fsp3) is 0.467. The molecule has 0 spiro atoms. The van der Waals surface area contributed by atoms with Crippen LogP contribution in [0, 0.1) is 0 Å². The molecular formula is C15H19BrN2O3. The molecule has 0 unspecified atom stereocenters. The molecule has 1 aromatic carbocycles. The molecule has 0 bridgehead atoms. The van der Waals surface area contributed by atoms with E-state index in [1.807, 2.05) is 12.1 Å². The van der Waals surface area contributed by atoms with Gasteiger partial charge in [-0.1, -0.05) is 0 Å². The summed E-state index contributed by atoms with van der Waals surface area (Å²) in [6.07, 6.45) is 1.28. The van der Waals surface area contributed by atoms with Crippen molar-refractivity contribution in [3.63, 3.8) is 0 Å². The summed E-state index contributed by atoms with van der Waals surface area (Å²) in [5, 5.41) is 2.81. The summed E-state index contributed by atoms with van der Waals surface area (Å²) in [5.41, 5.74) is 3.13. The first-order valence-electron chi connectivity index (χ1n) is 7.02. The van der Waals surface area contributed by atoms with Gasteiger partial charge in [-0.05, 0) is 59.0 Å². The second kappa shape index (κ2) is 6.93. The number of carbonyl (C=O) groups excluding carboxylic acids is 2. The van der Waals surface area contributed by atoms with Gasteiger partial charge in [0.05, 0.1) is 12.3 Å². The van der Waals surface area contributed by atoms with Crippen LogP contribution in [0.25, 0.3) is 0 Å². The molecule has 0 fully saturated rings. The largest absolute Gasteiger partial charge is 0.450 e. The Morgan fingerprint density at radius 1 is 1.29 bits per heavy atom. The molecule has 1 aromatic rings. The van der Waals surface area contributed by atoms with Gasteiger partial charge in [-0.2, -0.15) is 0 Å². The Balaban J connectivity index is 2.17. The van der Waals surface area contributed by atoms with Crippen molar-refractivity contribution in [1.82, 2.24) is 4.90 Å². The first-order chi connectivity index (χ1) is 10.0. The van der Waals surface area contributed by atoms with Crippen molar-refractivity contribution in [3.05, 3.63) is 27.7 Å². The van der Waals surface area contributed by atoms with E-state index >= 15 is 0 Å². The minimum absolute atomic E-state index is 0.0996. The summed E-state index contributed by atoms with van der Waals surface area (Å²) in [4.78, 5) is 24.8. The van der Waals surface area contributed by atoms with Crippen LogP contribution in [0.5, 0.6) is 0 Å². The van der Waals surface area contributed by atoms with E-state index in [0.717, 1.165) is 28.6 Å². The van der Waals surface area contributed by atoms with Gasteiger partial charge in [0.25, 0.3) is 0 Å². The molecule has 2 amide bonds. The van der Waals surface area contributed by atoms with Crippen LogP contribution < -0.4 is 5.32 Å². The number of rotatable bonds is 2. The summed E-state index contributed by atoms with van der Waals surface area (Å²) in [6, 6.07) is 4.00. The van der Waals surface area contributed by atoms with Crippen molar-refractivity contribution >= 4 is 33.6 Å². The summed E-state index contributed by atoms with van der Waals surface area (Å²) in [7, 11) is 0. The normalized spacial score (nSPS) is 14.1. The maximum atomic E-state index is 11.8. The van der Waals surface area contributed by atoms with E-state index in [0.29, 0.717) is 19.7 Å². The monoisotopic (exact) mass is 354 g/mol. The van der Waals surface area contributed by atoms with Gasteiger partial charge < -0.3 is 15.0 Å². The predicted molar refractivity (Wildman–Crippen MR) is 84.4 cm³/mol. The number of hydrogen-bond donors (Lipinski definition) is 1. The summed E-state index contributed by atoms with van der Waals surface area (Å²) >= 11 is 3.48. The molecule has 0 radical (unpaired) electrons. The Kier molecular flexibility index (Phi) is 5.22. The third kappa shape index (κ3) is 3.97. The fourth-order valence-electron chi connectivity index (χ4n) is 2.43. The van der Waals surface area contributed by atoms with Crippen molar-refractivity contribution in [2.24, 2.45) is 0 Å². The molecule has 6 heteroatoms. The number of carbonyl (C=O) groups is 2. The lowest BCUT2D eigenvalue weighted by Crippen LogP contribution is -2.33. The van der Waals surface area contributed by atoms with E-state index in [1.165, 1.54) is 12.5 Å². The predicted octanol–water partition coefficient (Wildman–Crippen LogP) is 2.96. The van der Waals surface area contributed by atoms with Crippen LogP contribution in [0.15, 0.2) is 16.6 Å². The first kappa shape index (κ1) is 15.8. The second-order valence-corrected chi connectivity index (χ2v) is 5.82. The van der Waals surface area contributed by atoms with Gasteiger partial charge >= 0.3 is 6.09 Å². The molecular weight excluding hydrogens is 336 g/mol. The van der Waals surface area contributed by atoms with Gasteiger partial charge in [0, 0.05) is 24.5 Å². The zero-order chi connectivity index (χ0) is 15.4. The number of benzene rings is 1. The van der Waals surface area contributed by atoms with Crippen molar-refractivity contribution in [2.75, 3.05) is 25.0 Å². The third-order valence-corrected chi connectivity index (χ3v) is 4.08. The van der Waals surface area contributed by atoms with E-state index < -0.39 is 0 Å². The standard InChI is InChI=1S/C15H19BrN2O3/c1-3-21-15(20)18-6-4-11-8-13(16)14(17-10(2)19)9-12(11)5-7-18/h8-9H,3-7H2,1-2H3,(H,17,19). The minimum atomic E-state index is -0.258. The molecule has 2 rings (SSSR count). The molecule has 1 N–H and O–H groups in total. The molecule has 1 heterocycles. The summed E-state index contributed by atoms with van der Waals surface area (Å²) in [6.45, 7) is 4.97. The van der Waals surface area contributed by atoms with E-state index in [-0.39, 0.29) is 12.0 Å². The summed E-state index contributed by atoms with van der Waals surface area (Å²) in [5.74, 6) is -0.0996. The molecule has 0 saturated heterocycles. The van der Waals surface area contributed by atoms with Crippen molar-refractivity contribution < 1.29 is 14.3 Å². The molecule has 0 aliphatic carbocycles. The van der Waals surface area contributed by atoms with E-state index in [9.17, 15) is 9.59 Å². The Morgan fingerprint density at radius 3 is 2.48 bits per heavy atom. The maximum Gasteiger partial charge on any atom is 0.409 e. The Morgan fingerprint density at radius 2 is 1.90 bits per heavy atom. The molecule has 5 nitrogen and oxygen atoms in total. The van der Waals surface area contributed by atoms with Crippen LogP contribution in [0.4, 0.5) is 10.5 Å². The molecule has 0 saturated carbocycles. The van der Waals surface area contributed by atoms with Crippen LogP contribution in [0.3, 0.4) is 0 Å². The summed E-state index contributed by atoms with van der Waals surface area (Å²) < 4.78 is 5.92. The molecule has 0 aromatic heterocycles. The highest BCUT2D eigenvalue weighted by atomic mass is 79.9. The maximum absolute atomic E-state index is 11.8. The Hall–Kier alpha value is -1.56. The molecule has 1 aliphatic rings. The lowest BCUT2D eigenvalue weighted by Gasteiger charge is -2.18. The second-order valence-electron chi connectivity index (χ2n) is 4.97. The Bertz CT molecular complexity index is 560. The van der Waals surface area contributed by atoms with Crippen LogP contribution in [0.1, 0.15) is 25.0 Å². The minimum Gasteiger partial charge on any atom is -0.450 e. The van der Waals surface area contributed by atoms with Crippen LogP contribution in [-0.4, -0.2) is 36.6 Å². The fourth-order valence-corrected chi connectivity index (χ4v) is 2.92. The van der Waals surface area contributed by atoms with Gasteiger partial charge in [-0.3, -0.25) is 4.79 Å². The highest BCUT2D eigenvalue weighted by molar-refractivity contribution is 9.10. The molecule has 1 aliphatic heterocycles. The number of anilines is 1. The zero-order valence-electron chi connectivity index (χ0n) is 12.2. The van der Waals surface area contributed by atoms with Crippen molar-refractivity contribution in [3.8, 4) is 0 Å². The lowest BCUT2D eigenvalue weighted by atomic mass is 10.0. The number of amides is 2. The number of nitrogens with one attached hydrogen (secondary N) is 1. The lowest BCUT2D eigenvalue weighted by molar-refractivity contribution is -0.114. The van der Waals surface area contributed by atoms with Gasteiger partial charge in [0.2, 0.25) is 5.91 Å². The quantitative estimate of drug-likeness (QED) is 0.887. The smallest absolute Gasteiger partial charge is 0.409 e. The van der Waals surface area contributed by atoms with E-state index in [2.05, 4.69) is 21.2 Å².